The largest absolute Gasteiger partial charge is 0.461 e. The van der Waals surface area contributed by atoms with E-state index in [4.69, 9.17) is 4.74 Å². The Morgan fingerprint density at radius 3 is 2.70 bits per heavy atom. The van der Waals surface area contributed by atoms with Gasteiger partial charge in [-0.2, -0.15) is 0 Å². The third kappa shape index (κ3) is 3.17. The smallest absolute Gasteiger partial charge is 0.310 e. The lowest BCUT2D eigenvalue weighted by Crippen LogP contribution is -2.40. The first-order valence-electron chi connectivity index (χ1n) is 11.0. The number of carbonyl (C=O) groups excluding carboxylic acids is 3. The highest BCUT2D eigenvalue weighted by Crippen LogP contribution is 2.60. The van der Waals surface area contributed by atoms with Crippen molar-refractivity contribution >= 4 is 39.4 Å². The monoisotopic (exact) mass is 474 g/mol. The summed E-state index contributed by atoms with van der Waals surface area (Å²) in [6.45, 7) is 0. The van der Waals surface area contributed by atoms with Gasteiger partial charge in [0.2, 0.25) is 5.91 Å². The number of carbonyl (C=O) groups is 3. The summed E-state index contributed by atoms with van der Waals surface area (Å²) in [7, 11) is 1.87. The molecule has 4 fully saturated rings. The number of hydrogen-bond acceptors (Lipinski definition) is 4. The van der Waals surface area contributed by atoms with Crippen molar-refractivity contribution in [2.24, 2.45) is 23.7 Å². The summed E-state index contributed by atoms with van der Waals surface area (Å²) in [5.74, 6) is -0.878. The molecule has 0 unspecified atom stereocenters. The molecule has 5 rings (SSSR count). The molecular formula is C23H27BrN2O4. The lowest BCUT2D eigenvalue weighted by molar-refractivity contribution is -0.145. The molecule has 2 bridgehead atoms. The van der Waals surface area contributed by atoms with Crippen molar-refractivity contribution in [3.05, 3.63) is 29.8 Å². The van der Waals surface area contributed by atoms with Crippen LogP contribution in [0.25, 0.3) is 0 Å². The maximum Gasteiger partial charge on any atom is 0.310 e. The summed E-state index contributed by atoms with van der Waals surface area (Å²) >= 11 is 3.65. The summed E-state index contributed by atoms with van der Waals surface area (Å²) in [5, 5.41) is 2.97. The molecule has 3 aliphatic carbocycles. The summed E-state index contributed by atoms with van der Waals surface area (Å²) in [6.07, 6.45) is 6.44. The van der Waals surface area contributed by atoms with Crippen LogP contribution in [0.5, 0.6) is 0 Å². The lowest BCUT2D eigenvalue weighted by Gasteiger charge is -2.31. The molecule has 1 aromatic rings. The molecule has 7 heteroatoms. The van der Waals surface area contributed by atoms with Gasteiger partial charge in [-0.3, -0.25) is 14.4 Å². The molecule has 1 heterocycles. The number of anilines is 1. The fraction of sp³-hybridized carbons (Fsp3) is 0.609. The van der Waals surface area contributed by atoms with Crippen LogP contribution in [0.15, 0.2) is 24.3 Å². The highest BCUT2D eigenvalue weighted by Gasteiger charge is 2.67. The van der Waals surface area contributed by atoms with Gasteiger partial charge in [-0.25, -0.2) is 0 Å². The zero-order valence-electron chi connectivity index (χ0n) is 17.1. The second-order valence-electron chi connectivity index (χ2n) is 9.24. The van der Waals surface area contributed by atoms with Crippen molar-refractivity contribution in [1.29, 1.82) is 0 Å². The molecule has 1 aliphatic heterocycles. The number of rotatable bonds is 4. The Bertz CT molecular complexity index is 884. The third-order valence-corrected chi connectivity index (χ3v) is 8.85. The van der Waals surface area contributed by atoms with Crippen LogP contribution in [0.4, 0.5) is 5.69 Å². The molecule has 4 aliphatic rings. The van der Waals surface area contributed by atoms with Gasteiger partial charge >= 0.3 is 5.97 Å². The van der Waals surface area contributed by atoms with Crippen molar-refractivity contribution in [3.63, 3.8) is 0 Å². The number of fused-ring (bicyclic) bond motifs is 1. The summed E-state index contributed by atoms with van der Waals surface area (Å²) in [4.78, 5) is 40.3. The maximum atomic E-state index is 13.1. The second kappa shape index (κ2) is 7.66. The molecule has 160 valence electrons. The molecule has 3 saturated carbocycles. The Balaban J connectivity index is 1.30. The highest BCUT2D eigenvalue weighted by molar-refractivity contribution is 9.09. The average Bonchev–Trinajstić information content (AvgIpc) is 3.38. The molecule has 6 nitrogen and oxygen atoms in total. The number of hydrogen-bond donors (Lipinski definition) is 1. The number of esters is 1. The van der Waals surface area contributed by atoms with Crippen molar-refractivity contribution in [2.75, 3.05) is 12.4 Å². The van der Waals surface area contributed by atoms with E-state index in [1.165, 1.54) is 19.3 Å². The van der Waals surface area contributed by atoms with Crippen LogP contribution >= 0.6 is 15.9 Å². The number of amides is 2. The molecule has 2 amide bonds. The SMILES string of the molecule is CN(C(=O)c1cccc(NC(=O)[C@@H]2[C@H]3C[C@H]4[C@H](OC(=O)[C@H]42)[C@@H]3Br)c1)C1CCCCC1. The van der Waals surface area contributed by atoms with Gasteiger partial charge in [0.05, 0.1) is 16.7 Å². The van der Waals surface area contributed by atoms with Gasteiger partial charge in [-0.05, 0) is 43.4 Å². The van der Waals surface area contributed by atoms with Crippen molar-refractivity contribution in [1.82, 2.24) is 4.90 Å². The van der Waals surface area contributed by atoms with Gasteiger partial charge in [-0.15, -0.1) is 0 Å². The zero-order chi connectivity index (χ0) is 21.0. The van der Waals surface area contributed by atoms with E-state index in [-0.39, 0.29) is 58.4 Å². The summed E-state index contributed by atoms with van der Waals surface area (Å²) in [6, 6.07) is 7.42. The number of alkyl halides is 1. The number of halogens is 1. The van der Waals surface area contributed by atoms with Crippen molar-refractivity contribution in [3.8, 4) is 0 Å². The van der Waals surface area contributed by atoms with Gasteiger partial charge < -0.3 is 15.0 Å². The topological polar surface area (TPSA) is 75.7 Å². The van der Waals surface area contributed by atoms with E-state index in [1.807, 2.05) is 11.9 Å². The predicted molar refractivity (Wildman–Crippen MR) is 115 cm³/mol. The van der Waals surface area contributed by atoms with Crippen LogP contribution < -0.4 is 5.32 Å². The van der Waals surface area contributed by atoms with E-state index in [0.29, 0.717) is 11.3 Å². The normalized spacial score (nSPS) is 34.7. The van der Waals surface area contributed by atoms with Crippen molar-refractivity contribution in [2.45, 2.75) is 55.5 Å². The van der Waals surface area contributed by atoms with E-state index < -0.39 is 0 Å². The van der Waals surface area contributed by atoms with Gasteiger partial charge in [-0.1, -0.05) is 41.3 Å². The van der Waals surface area contributed by atoms with Gasteiger partial charge in [0.1, 0.15) is 6.10 Å². The zero-order valence-corrected chi connectivity index (χ0v) is 18.6. The first-order chi connectivity index (χ1) is 14.5. The van der Waals surface area contributed by atoms with Crippen molar-refractivity contribution < 1.29 is 19.1 Å². The fourth-order valence-corrected chi connectivity index (χ4v) is 7.17. The van der Waals surface area contributed by atoms with Gasteiger partial charge in [0.15, 0.2) is 0 Å². The molecule has 1 saturated heterocycles. The van der Waals surface area contributed by atoms with E-state index in [1.54, 1.807) is 24.3 Å². The summed E-state index contributed by atoms with van der Waals surface area (Å²) in [5.41, 5.74) is 1.17. The molecule has 1 aromatic carbocycles. The van der Waals surface area contributed by atoms with E-state index in [0.717, 1.165) is 19.3 Å². The molecule has 0 spiro atoms. The van der Waals surface area contributed by atoms with Crippen LogP contribution in [0.2, 0.25) is 0 Å². The maximum absolute atomic E-state index is 13.1. The second-order valence-corrected chi connectivity index (χ2v) is 10.3. The Labute approximate surface area is 184 Å². The quantitative estimate of drug-likeness (QED) is 0.534. The minimum atomic E-state index is -0.380. The Morgan fingerprint density at radius 1 is 1.17 bits per heavy atom. The molecule has 6 atom stereocenters. The Hall–Kier alpha value is -1.89. The number of benzene rings is 1. The predicted octanol–water partition coefficient (Wildman–Crippen LogP) is 3.60. The van der Waals surface area contributed by atoms with Gasteiger partial charge in [0.25, 0.3) is 5.91 Å². The standard InChI is InChI=1S/C23H27BrN2O4/c1-26(14-8-3-2-4-9-14)22(28)12-6-5-7-13(10-12)25-21(27)17-15-11-16-18(17)23(29)30-20(16)19(15)24/h5-7,10,14-20H,2-4,8-9,11H2,1H3,(H,25,27)/t15-,16-,17-,18-,19-,20+/m1/s1. The van der Waals surface area contributed by atoms with E-state index >= 15 is 0 Å². The van der Waals surface area contributed by atoms with E-state index in [2.05, 4.69) is 21.2 Å². The van der Waals surface area contributed by atoms with E-state index in [9.17, 15) is 14.4 Å². The molecule has 0 aromatic heterocycles. The first-order valence-corrected chi connectivity index (χ1v) is 11.9. The summed E-state index contributed by atoms with van der Waals surface area (Å²) < 4.78 is 5.50. The minimum absolute atomic E-state index is 0.0133. The Kier molecular flexibility index (Phi) is 5.12. The highest BCUT2D eigenvalue weighted by atomic mass is 79.9. The van der Waals surface area contributed by atoms with Crippen LogP contribution in [0.1, 0.15) is 48.9 Å². The van der Waals surface area contributed by atoms with Crippen LogP contribution in [-0.4, -0.2) is 46.7 Å². The van der Waals surface area contributed by atoms with Gasteiger partial charge in [0, 0.05) is 30.3 Å². The number of nitrogens with one attached hydrogen (secondary N) is 1. The average molecular weight is 475 g/mol. The number of ether oxygens (including phenoxy) is 1. The lowest BCUT2D eigenvalue weighted by atomic mass is 9.79. The van der Waals surface area contributed by atoms with Crippen LogP contribution in [-0.2, 0) is 14.3 Å². The number of nitrogens with zero attached hydrogens (tertiary/aromatic N) is 1. The van der Waals surface area contributed by atoms with Crippen LogP contribution in [0, 0.1) is 23.7 Å². The minimum Gasteiger partial charge on any atom is -0.461 e. The van der Waals surface area contributed by atoms with Crippen LogP contribution in [0.3, 0.4) is 0 Å². The molecule has 0 radical (unpaired) electrons. The Morgan fingerprint density at radius 2 is 1.93 bits per heavy atom. The first kappa shape index (κ1) is 20.0. The molecule has 1 N–H and O–H groups in total. The molecular weight excluding hydrogens is 448 g/mol. The molecule has 30 heavy (non-hydrogen) atoms. The fourth-order valence-electron chi connectivity index (χ4n) is 6.12. The third-order valence-electron chi connectivity index (χ3n) is 7.65.